The fourth-order valence-corrected chi connectivity index (χ4v) is 4.48. The Kier molecular flexibility index (Phi) is 4.63. The molecule has 176 valence electrons. The van der Waals surface area contributed by atoms with Crippen molar-refractivity contribution >= 4 is 33.5 Å². The van der Waals surface area contributed by atoms with Crippen LogP contribution in [-0.4, -0.2) is 41.0 Å². The molecule has 6 aromatic rings. The molecule has 0 spiro atoms. The largest absolute Gasteiger partial charge is 0.472 e. The lowest BCUT2D eigenvalue weighted by atomic mass is 9.85. The summed E-state index contributed by atoms with van der Waals surface area (Å²) in [5, 5.41) is 11.4. The molecule has 0 aromatic carbocycles. The lowest BCUT2D eigenvalue weighted by molar-refractivity contribution is -0.122. The first kappa shape index (κ1) is 20.5. The van der Waals surface area contributed by atoms with Crippen molar-refractivity contribution in [2.24, 2.45) is 5.92 Å². The molecule has 36 heavy (non-hydrogen) atoms. The second kappa shape index (κ2) is 8.12. The van der Waals surface area contributed by atoms with Gasteiger partial charge in [-0.1, -0.05) is 6.42 Å². The zero-order valence-electron chi connectivity index (χ0n) is 19.0. The van der Waals surface area contributed by atoms with Gasteiger partial charge in [-0.3, -0.25) is 24.8 Å². The van der Waals surface area contributed by atoms with E-state index < -0.39 is 0 Å². The zero-order chi connectivity index (χ0) is 24.1. The van der Waals surface area contributed by atoms with Crippen LogP contribution in [0.4, 0.5) is 5.69 Å². The van der Waals surface area contributed by atoms with Crippen LogP contribution in [0.1, 0.15) is 19.3 Å². The Bertz CT molecular complexity index is 1730. The molecular formula is C26H20N8O2. The number of H-pyrrole nitrogens is 2. The minimum absolute atomic E-state index is 0.0508. The molecule has 1 fully saturated rings. The van der Waals surface area contributed by atoms with Crippen LogP contribution in [0.15, 0.2) is 66.0 Å². The van der Waals surface area contributed by atoms with Gasteiger partial charge >= 0.3 is 0 Å². The molecule has 6 heterocycles. The van der Waals surface area contributed by atoms with E-state index in [1.807, 2.05) is 24.3 Å². The second-order valence-corrected chi connectivity index (χ2v) is 8.92. The number of pyridine rings is 3. The van der Waals surface area contributed by atoms with Gasteiger partial charge in [-0.05, 0) is 37.1 Å². The number of carbonyl (C=O) groups is 1. The first-order valence-corrected chi connectivity index (χ1v) is 11.7. The third kappa shape index (κ3) is 3.42. The number of imidazole rings is 1. The summed E-state index contributed by atoms with van der Waals surface area (Å²) in [6.45, 7) is 0. The average molecular weight is 477 g/mol. The minimum atomic E-state index is 0.0508. The van der Waals surface area contributed by atoms with Crippen LogP contribution in [-0.2, 0) is 4.79 Å². The summed E-state index contributed by atoms with van der Waals surface area (Å²) in [5.74, 6) is 0.769. The molecule has 1 aliphatic carbocycles. The maximum Gasteiger partial charge on any atom is 0.227 e. The number of aromatic nitrogens is 7. The lowest BCUT2D eigenvalue weighted by Crippen LogP contribution is -2.28. The van der Waals surface area contributed by atoms with E-state index in [1.165, 1.54) is 0 Å². The van der Waals surface area contributed by atoms with Gasteiger partial charge < -0.3 is 14.7 Å². The molecule has 10 heteroatoms. The minimum Gasteiger partial charge on any atom is -0.472 e. The molecule has 0 radical (unpaired) electrons. The summed E-state index contributed by atoms with van der Waals surface area (Å²) in [6.07, 6.45) is 13.1. The Labute approximate surface area is 204 Å². The van der Waals surface area contributed by atoms with Gasteiger partial charge in [0.05, 0.1) is 47.3 Å². The highest BCUT2D eigenvalue weighted by Crippen LogP contribution is 2.32. The van der Waals surface area contributed by atoms with Gasteiger partial charge in [0.2, 0.25) is 5.91 Å². The van der Waals surface area contributed by atoms with Crippen molar-refractivity contribution in [2.75, 3.05) is 5.32 Å². The van der Waals surface area contributed by atoms with Crippen molar-refractivity contribution in [1.82, 2.24) is 35.1 Å². The van der Waals surface area contributed by atoms with Gasteiger partial charge in [-0.25, -0.2) is 4.98 Å². The van der Waals surface area contributed by atoms with Gasteiger partial charge in [0, 0.05) is 34.8 Å². The van der Waals surface area contributed by atoms with Crippen molar-refractivity contribution in [1.29, 1.82) is 0 Å². The van der Waals surface area contributed by atoms with Gasteiger partial charge in [0.25, 0.3) is 0 Å². The Balaban J connectivity index is 1.26. The number of carbonyl (C=O) groups excluding carboxylic acids is 1. The maximum absolute atomic E-state index is 12.4. The Morgan fingerprint density at radius 2 is 1.97 bits per heavy atom. The smallest absolute Gasteiger partial charge is 0.227 e. The van der Waals surface area contributed by atoms with E-state index in [4.69, 9.17) is 9.40 Å². The first-order valence-electron chi connectivity index (χ1n) is 11.7. The summed E-state index contributed by atoms with van der Waals surface area (Å²) in [7, 11) is 0. The number of aromatic amines is 2. The Morgan fingerprint density at radius 1 is 1.03 bits per heavy atom. The van der Waals surface area contributed by atoms with E-state index in [9.17, 15) is 4.79 Å². The predicted molar refractivity (Wildman–Crippen MR) is 134 cm³/mol. The number of amides is 1. The molecule has 1 aliphatic rings. The van der Waals surface area contributed by atoms with Crippen LogP contribution in [0, 0.1) is 5.92 Å². The van der Waals surface area contributed by atoms with Gasteiger partial charge in [-0.15, -0.1) is 0 Å². The molecule has 0 atom stereocenters. The van der Waals surface area contributed by atoms with Crippen LogP contribution in [0.3, 0.4) is 0 Å². The third-order valence-electron chi connectivity index (χ3n) is 6.64. The van der Waals surface area contributed by atoms with E-state index in [0.29, 0.717) is 22.9 Å². The first-order chi connectivity index (χ1) is 17.7. The lowest BCUT2D eigenvalue weighted by Gasteiger charge is -2.24. The number of anilines is 1. The molecular weight excluding hydrogens is 456 g/mol. The van der Waals surface area contributed by atoms with Crippen molar-refractivity contribution in [3.63, 3.8) is 0 Å². The summed E-state index contributed by atoms with van der Waals surface area (Å²) in [4.78, 5) is 33.9. The van der Waals surface area contributed by atoms with E-state index >= 15 is 0 Å². The molecule has 1 saturated carbocycles. The molecule has 0 saturated heterocycles. The fraction of sp³-hybridized carbons (Fsp3) is 0.154. The topological polar surface area (TPSA) is 138 Å². The molecule has 1 amide bonds. The van der Waals surface area contributed by atoms with Crippen molar-refractivity contribution in [3.8, 4) is 34.0 Å². The molecule has 0 bridgehead atoms. The van der Waals surface area contributed by atoms with E-state index in [-0.39, 0.29) is 11.8 Å². The van der Waals surface area contributed by atoms with Gasteiger partial charge in [0.15, 0.2) is 5.82 Å². The highest BCUT2D eigenvalue weighted by molar-refractivity contribution is 5.97. The highest BCUT2D eigenvalue weighted by Gasteiger charge is 2.25. The number of fused-ring (bicyclic) bond motifs is 2. The average Bonchev–Trinajstić information content (AvgIpc) is 3.61. The number of nitrogens with zero attached hydrogens (tertiary/aromatic N) is 5. The van der Waals surface area contributed by atoms with Crippen LogP contribution in [0.2, 0.25) is 0 Å². The van der Waals surface area contributed by atoms with Crippen molar-refractivity contribution in [3.05, 3.63) is 61.6 Å². The van der Waals surface area contributed by atoms with E-state index in [1.54, 1.807) is 37.3 Å². The summed E-state index contributed by atoms with van der Waals surface area (Å²) in [5.41, 5.74) is 6.80. The van der Waals surface area contributed by atoms with Crippen molar-refractivity contribution < 1.29 is 9.21 Å². The predicted octanol–water partition coefficient (Wildman–Crippen LogP) is 4.96. The third-order valence-corrected chi connectivity index (χ3v) is 6.64. The maximum atomic E-state index is 12.4. The standard InChI is InChI=1S/C26H20N8O2/c35-26(14-2-1-3-14)30-17-8-16(10-27-11-17)20-9-18-21(12-29-20)33-34-23(18)25-31-19-4-6-28-22(24(19)32-25)15-5-7-36-13-15/h4-14H,1-3H2,(H,30,35)(H,31,32)(H,33,34). The summed E-state index contributed by atoms with van der Waals surface area (Å²) in [6, 6.07) is 7.58. The number of hydrogen-bond acceptors (Lipinski definition) is 7. The van der Waals surface area contributed by atoms with Crippen LogP contribution < -0.4 is 5.32 Å². The SMILES string of the molecule is O=C(Nc1cncc(-c2cc3c(-c4nc5c(-c6ccoc6)nccc5[nH]4)n[nH]c3cn2)c1)C1CCC1. The quantitative estimate of drug-likeness (QED) is 0.320. The van der Waals surface area contributed by atoms with E-state index in [2.05, 4.69) is 35.5 Å². The normalized spacial score (nSPS) is 13.8. The summed E-state index contributed by atoms with van der Waals surface area (Å²) >= 11 is 0. The monoisotopic (exact) mass is 476 g/mol. The second-order valence-electron chi connectivity index (χ2n) is 8.92. The number of hydrogen-bond donors (Lipinski definition) is 3. The number of furan rings is 1. The van der Waals surface area contributed by atoms with Crippen LogP contribution in [0.5, 0.6) is 0 Å². The van der Waals surface area contributed by atoms with Gasteiger partial charge in [0.1, 0.15) is 16.9 Å². The molecule has 10 nitrogen and oxygen atoms in total. The number of nitrogens with one attached hydrogen (secondary N) is 3. The van der Waals surface area contributed by atoms with Crippen molar-refractivity contribution in [2.45, 2.75) is 19.3 Å². The van der Waals surface area contributed by atoms with Crippen LogP contribution in [0.25, 0.3) is 56.0 Å². The Hall–Kier alpha value is -4.86. The van der Waals surface area contributed by atoms with Gasteiger partial charge in [-0.2, -0.15) is 5.10 Å². The molecule has 0 aliphatic heterocycles. The number of rotatable bonds is 5. The van der Waals surface area contributed by atoms with E-state index in [0.717, 1.165) is 58.0 Å². The fourth-order valence-electron chi connectivity index (χ4n) is 4.48. The summed E-state index contributed by atoms with van der Waals surface area (Å²) < 4.78 is 5.23. The molecule has 6 aromatic heterocycles. The highest BCUT2D eigenvalue weighted by atomic mass is 16.3. The zero-order valence-corrected chi connectivity index (χ0v) is 19.0. The Morgan fingerprint density at radius 3 is 2.81 bits per heavy atom. The molecule has 0 unspecified atom stereocenters. The molecule has 7 rings (SSSR count). The van der Waals surface area contributed by atoms with Crippen LogP contribution >= 0.6 is 0 Å². The molecule has 3 N–H and O–H groups in total.